The average Bonchev–Trinajstić information content (AvgIpc) is 2.13. The van der Waals surface area contributed by atoms with Crippen LogP contribution in [0.25, 0.3) is 0 Å². The second kappa shape index (κ2) is 3.93. The van der Waals surface area contributed by atoms with Gasteiger partial charge in [-0.15, -0.1) is 0 Å². The summed E-state index contributed by atoms with van der Waals surface area (Å²) in [4.78, 5) is 0. The van der Waals surface area contributed by atoms with Gasteiger partial charge in [0.05, 0.1) is 0 Å². The van der Waals surface area contributed by atoms with E-state index in [2.05, 4.69) is 25.2 Å². The van der Waals surface area contributed by atoms with Gasteiger partial charge in [0.15, 0.2) is 5.67 Å². The normalized spacial score (nSPS) is 18.9. The van der Waals surface area contributed by atoms with Gasteiger partial charge < -0.3 is 5.32 Å². The Bertz CT molecular complexity index is 342. The highest BCUT2D eigenvalue weighted by Crippen LogP contribution is 2.30. The molecule has 0 aliphatic carbocycles. The Labute approximate surface area is 90.7 Å². The van der Waals surface area contributed by atoms with E-state index in [4.69, 9.17) is 0 Å². The molecule has 0 spiro atoms. The molecule has 1 aliphatic rings. The molecule has 0 amide bonds. The Kier molecular flexibility index (Phi) is 2.79. The van der Waals surface area contributed by atoms with E-state index in [0.29, 0.717) is 19.0 Å². The van der Waals surface area contributed by atoms with Gasteiger partial charge >= 0.3 is 0 Å². The minimum Gasteiger partial charge on any atom is -0.310 e. The highest BCUT2D eigenvalue weighted by atomic mass is 19.1. The molecule has 82 valence electrons. The van der Waals surface area contributed by atoms with Gasteiger partial charge in [-0.25, -0.2) is 4.39 Å². The first-order valence-corrected chi connectivity index (χ1v) is 5.59. The summed E-state index contributed by atoms with van der Waals surface area (Å²) in [6.07, 6.45) is 1.03. The summed E-state index contributed by atoms with van der Waals surface area (Å²) in [6.45, 7) is 5.28. The maximum Gasteiger partial charge on any atom is 0.160 e. The zero-order chi connectivity index (χ0) is 10.9. The third kappa shape index (κ3) is 2.20. The van der Waals surface area contributed by atoms with E-state index in [1.165, 1.54) is 5.56 Å². The number of benzene rings is 1. The van der Waals surface area contributed by atoms with E-state index in [0.717, 1.165) is 12.0 Å². The van der Waals surface area contributed by atoms with E-state index in [1.807, 2.05) is 18.2 Å². The van der Waals surface area contributed by atoms with Crippen molar-refractivity contribution in [2.24, 2.45) is 5.92 Å². The van der Waals surface area contributed by atoms with Crippen LogP contribution in [-0.2, 0) is 12.1 Å². The number of hydrogen-bond donors (Lipinski definition) is 1. The Morgan fingerprint density at radius 1 is 1.40 bits per heavy atom. The lowest BCUT2D eigenvalue weighted by Gasteiger charge is -2.35. The quantitative estimate of drug-likeness (QED) is 0.803. The maximum atomic E-state index is 14.1. The van der Waals surface area contributed by atoms with Crippen LogP contribution in [0, 0.1) is 5.92 Å². The standard InChI is InChI=1S/C13H18FN/c1-10(2)6-11-4-3-5-12(7-11)13(14)8-15-9-13/h3-5,7,10,15H,6,8-9H2,1-2H3. The van der Waals surface area contributed by atoms with Crippen LogP contribution in [0.5, 0.6) is 0 Å². The molecule has 0 radical (unpaired) electrons. The summed E-state index contributed by atoms with van der Waals surface area (Å²) in [6, 6.07) is 7.96. The topological polar surface area (TPSA) is 12.0 Å². The molecule has 1 nitrogen and oxygen atoms in total. The summed E-state index contributed by atoms with van der Waals surface area (Å²) in [5.74, 6) is 0.621. The molecule has 0 aromatic heterocycles. The van der Waals surface area contributed by atoms with Gasteiger partial charge in [0.25, 0.3) is 0 Å². The van der Waals surface area contributed by atoms with Crippen molar-refractivity contribution in [1.29, 1.82) is 0 Å². The van der Waals surface area contributed by atoms with E-state index < -0.39 is 5.67 Å². The predicted molar refractivity (Wildman–Crippen MR) is 60.6 cm³/mol. The lowest BCUT2D eigenvalue weighted by molar-refractivity contribution is 0.0890. The lowest BCUT2D eigenvalue weighted by atomic mass is 9.88. The van der Waals surface area contributed by atoms with Crippen LogP contribution in [0.1, 0.15) is 25.0 Å². The summed E-state index contributed by atoms with van der Waals surface area (Å²) < 4.78 is 14.1. The maximum absolute atomic E-state index is 14.1. The second-order valence-corrected chi connectivity index (χ2v) is 4.87. The van der Waals surface area contributed by atoms with Gasteiger partial charge in [-0.1, -0.05) is 38.1 Å². The zero-order valence-corrected chi connectivity index (χ0v) is 9.39. The largest absolute Gasteiger partial charge is 0.310 e. The first-order chi connectivity index (χ1) is 7.10. The zero-order valence-electron chi connectivity index (χ0n) is 9.39. The fourth-order valence-corrected chi connectivity index (χ4v) is 2.00. The van der Waals surface area contributed by atoms with Crippen LogP contribution in [0.2, 0.25) is 0 Å². The van der Waals surface area contributed by atoms with Gasteiger partial charge in [0.2, 0.25) is 0 Å². The Hall–Kier alpha value is -0.890. The third-order valence-electron chi connectivity index (χ3n) is 2.90. The fourth-order valence-electron chi connectivity index (χ4n) is 2.00. The smallest absolute Gasteiger partial charge is 0.160 e. The molecule has 1 aromatic carbocycles. The van der Waals surface area contributed by atoms with Crippen molar-refractivity contribution in [3.05, 3.63) is 35.4 Å². The van der Waals surface area contributed by atoms with Gasteiger partial charge in [0.1, 0.15) is 0 Å². The minimum absolute atomic E-state index is 0.456. The molecular formula is C13H18FN. The van der Waals surface area contributed by atoms with Crippen molar-refractivity contribution in [3.63, 3.8) is 0 Å². The summed E-state index contributed by atoms with van der Waals surface area (Å²) >= 11 is 0. The van der Waals surface area contributed by atoms with Crippen molar-refractivity contribution >= 4 is 0 Å². The molecule has 2 heteroatoms. The summed E-state index contributed by atoms with van der Waals surface area (Å²) in [7, 11) is 0. The molecule has 1 N–H and O–H groups in total. The monoisotopic (exact) mass is 207 g/mol. The fraction of sp³-hybridized carbons (Fsp3) is 0.538. The number of rotatable bonds is 3. The summed E-state index contributed by atoms with van der Waals surface area (Å²) in [5.41, 5.74) is 0.957. The van der Waals surface area contributed by atoms with Crippen molar-refractivity contribution in [2.45, 2.75) is 25.9 Å². The molecule has 2 rings (SSSR count). The molecular weight excluding hydrogens is 189 g/mol. The van der Waals surface area contributed by atoms with Crippen LogP contribution in [-0.4, -0.2) is 13.1 Å². The van der Waals surface area contributed by atoms with E-state index in [1.54, 1.807) is 0 Å². The lowest BCUT2D eigenvalue weighted by Crippen LogP contribution is -2.53. The van der Waals surface area contributed by atoms with Crippen LogP contribution >= 0.6 is 0 Å². The van der Waals surface area contributed by atoms with E-state index in [9.17, 15) is 4.39 Å². The first kappa shape index (κ1) is 10.6. The van der Waals surface area contributed by atoms with Crippen molar-refractivity contribution in [3.8, 4) is 0 Å². The van der Waals surface area contributed by atoms with Crippen molar-refractivity contribution in [1.82, 2.24) is 5.32 Å². The molecule has 1 heterocycles. The van der Waals surface area contributed by atoms with Gasteiger partial charge in [-0.2, -0.15) is 0 Å². The molecule has 0 unspecified atom stereocenters. The number of nitrogens with one attached hydrogen (secondary N) is 1. The van der Waals surface area contributed by atoms with Crippen LogP contribution in [0.4, 0.5) is 4.39 Å². The first-order valence-electron chi connectivity index (χ1n) is 5.59. The van der Waals surface area contributed by atoms with Crippen LogP contribution in [0.15, 0.2) is 24.3 Å². The highest BCUT2D eigenvalue weighted by molar-refractivity contribution is 5.31. The van der Waals surface area contributed by atoms with Crippen LogP contribution in [0.3, 0.4) is 0 Å². The number of hydrogen-bond acceptors (Lipinski definition) is 1. The predicted octanol–water partition coefficient (Wildman–Crippen LogP) is 2.65. The Morgan fingerprint density at radius 2 is 2.13 bits per heavy atom. The van der Waals surface area contributed by atoms with E-state index in [-0.39, 0.29) is 0 Å². The Balaban J connectivity index is 2.19. The molecule has 1 saturated heterocycles. The van der Waals surface area contributed by atoms with Gasteiger partial charge in [-0.05, 0) is 23.5 Å². The second-order valence-electron chi connectivity index (χ2n) is 4.87. The minimum atomic E-state index is -1.12. The highest BCUT2D eigenvalue weighted by Gasteiger charge is 2.38. The molecule has 0 saturated carbocycles. The molecule has 1 aromatic rings. The molecule has 15 heavy (non-hydrogen) atoms. The number of alkyl halides is 1. The van der Waals surface area contributed by atoms with Crippen molar-refractivity contribution < 1.29 is 4.39 Å². The molecule has 1 aliphatic heterocycles. The summed E-state index contributed by atoms with van der Waals surface area (Å²) in [5, 5.41) is 2.99. The molecule has 1 fully saturated rings. The Morgan fingerprint density at radius 3 is 2.67 bits per heavy atom. The third-order valence-corrected chi connectivity index (χ3v) is 2.90. The van der Waals surface area contributed by atoms with Crippen molar-refractivity contribution in [2.75, 3.05) is 13.1 Å². The van der Waals surface area contributed by atoms with Gasteiger partial charge in [-0.3, -0.25) is 0 Å². The number of halogens is 1. The van der Waals surface area contributed by atoms with E-state index >= 15 is 0 Å². The van der Waals surface area contributed by atoms with Crippen LogP contribution < -0.4 is 5.32 Å². The molecule has 0 atom stereocenters. The average molecular weight is 207 g/mol. The SMILES string of the molecule is CC(C)Cc1cccc(C2(F)CNC2)c1. The van der Waals surface area contributed by atoms with Gasteiger partial charge in [0, 0.05) is 13.1 Å². The molecule has 0 bridgehead atoms.